The van der Waals surface area contributed by atoms with Gasteiger partial charge in [-0.3, -0.25) is 4.98 Å². The minimum atomic E-state index is -0.195. The van der Waals surface area contributed by atoms with E-state index in [1.165, 1.54) is 11.1 Å². The molecule has 3 heterocycles. The highest BCUT2D eigenvalue weighted by Crippen LogP contribution is 2.37. The van der Waals surface area contributed by atoms with E-state index in [9.17, 15) is 4.79 Å². The molecule has 1 aromatic carbocycles. The summed E-state index contributed by atoms with van der Waals surface area (Å²) >= 11 is 0. The van der Waals surface area contributed by atoms with Gasteiger partial charge in [0, 0.05) is 37.2 Å². The van der Waals surface area contributed by atoms with Crippen LogP contribution in [0.1, 0.15) is 76.4 Å². The molecular weight excluding hydrogens is 474 g/mol. The lowest BCUT2D eigenvalue weighted by atomic mass is 9.82. The number of anilines is 3. The smallest absolute Gasteiger partial charge is 0.321 e. The Balaban J connectivity index is 1.46. The van der Waals surface area contributed by atoms with Crippen LogP contribution in [0.2, 0.25) is 0 Å². The van der Waals surface area contributed by atoms with Crippen molar-refractivity contribution in [1.29, 1.82) is 0 Å². The third-order valence-electron chi connectivity index (χ3n) is 8.00. The molecule has 2 N–H and O–H groups in total. The van der Waals surface area contributed by atoms with Gasteiger partial charge in [-0.1, -0.05) is 19.9 Å². The van der Waals surface area contributed by atoms with Gasteiger partial charge < -0.3 is 15.5 Å². The Labute approximate surface area is 227 Å². The van der Waals surface area contributed by atoms with Crippen LogP contribution in [-0.2, 0) is 18.4 Å². The molecular formula is C30H43N7O. The zero-order valence-corrected chi connectivity index (χ0v) is 24.1. The van der Waals surface area contributed by atoms with Crippen molar-refractivity contribution >= 4 is 23.4 Å². The van der Waals surface area contributed by atoms with E-state index in [1.807, 2.05) is 22.6 Å². The van der Waals surface area contributed by atoms with Gasteiger partial charge in [-0.05, 0) is 95.4 Å². The number of benzene rings is 1. The molecule has 0 bridgehead atoms. The molecule has 1 aliphatic heterocycles. The molecule has 2 aromatic heterocycles. The van der Waals surface area contributed by atoms with Gasteiger partial charge in [0.1, 0.15) is 5.82 Å². The summed E-state index contributed by atoms with van der Waals surface area (Å²) in [4.78, 5) is 23.8. The monoisotopic (exact) mass is 517 g/mol. The maximum atomic E-state index is 13.0. The summed E-state index contributed by atoms with van der Waals surface area (Å²) in [6.07, 6.45) is 8.32. The Kier molecular flexibility index (Phi) is 8.09. The second kappa shape index (κ2) is 11.1. The predicted octanol–water partition coefficient (Wildman–Crippen LogP) is 6.62. The molecule has 38 heavy (non-hydrogen) atoms. The number of nitrogens with zero attached hydrogens (tertiary/aromatic N) is 5. The number of likely N-dealkylation sites (tertiary alicyclic amines) is 1. The molecule has 1 fully saturated rings. The van der Waals surface area contributed by atoms with Gasteiger partial charge in [-0.25, -0.2) is 14.5 Å². The highest BCUT2D eigenvalue weighted by Gasteiger charge is 2.37. The molecule has 204 valence electrons. The second-order valence-corrected chi connectivity index (χ2v) is 11.7. The minimum Gasteiger partial charge on any atom is -0.324 e. The van der Waals surface area contributed by atoms with Crippen LogP contribution in [0.5, 0.6) is 0 Å². The van der Waals surface area contributed by atoms with Gasteiger partial charge >= 0.3 is 6.03 Å². The molecule has 4 rings (SSSR count). The van der Waals surface area contributed by atoms with Gasteiger partial charge in [0.25, 0.3) is 0 Å². The Hall–Kier alpha value is -3.42. The topological polar surface area (TPSA) is 88.0 Å². The maximum Gasteiger partial charge on any atom is 0.321 e. The van der Waals surface area contributed by atoms with Crippen LogP contribution in [0.15, 0.2) is 36.7 Å². The molecule has 0 aliphatic carbocycles. The minimum absolute atomic E-state index is 0.00233. The van der Waals surface area contributed by atoms with Crippen LogP contribution in [0.4, 0.5) is 22.1 Å². The van der Waals surface area contributed by atoms with Gasteiger partial charge in [0.2, 0.25) is 0 Å². The number of aromatic nitrogens is 4. The number of aryl methyl sites for hydroxylation is 4. The van der Waals surface area contributed by atoms with E-state index in [0.717, 1.165) is 73.9 Å². The van der Waals surface area contributed by atoms with Crippen LogP contribution >= 0.6 is 0 Å². The number of urea groups is 1. The summed E-state index contributed by atoms with van der Waals surface area (Å²) in [6, 6.07) is 8.30. The summed E-state index contributed by atoms with van der Waals surface area (Å²) in [5.41, 5.74) is 5.20. The van der Waals surface area contributed by atoms with E-state index in [4.69, 9.17) is 5.10 Å². The third kappa shape index (κ3) is 6.17. The highest BCUT2D eigenvalue weighted by molar-refractivity contribution is 5.89. The summed E-state index contributed by atoms with van der Waals surface area (Å²) in [6.45, 7) is 16.6. The molecule has 0 saturated carbocycles. The zero-order valence-electron chi connectivity index (χ0n) is 24.1. The summed E-state index contributed by atoms with van der Waals surface area (Å²) in [5, 5.41) is 11.5. The lowest BCUT2D eigenvalue weighted by Crippen LogP contribution is -2.35. The van der Waals surface area contributed by atoms with Crippen LogP contribution in [-0.4, -0.2) is 43.8 Å². The van der Waals surface area contributed by atoms with Crippen molar-refractivity contribution in [3.63, 3.8) is 0 Å². The first-order valence-electron chi connectivity index (χ1n) is 13.8. The first-order valence-corrected chi connectivity index (χ1v) is 13.8. The Morgan fingerprint density at radius 1 is 1.05 bits per heavy atom. The first-order chi connectivity index (χ1) is 18.0. The van der Waals surface area contributed by atoms with Crippen molar-refractivity contribution in [1.82, 2.24) is 24.6 Å². The van der Waals surface area contributed by atoms with Crippen molar-refractivity contribution in [2.45, 2.75) is 86.1 Å². The fraction of sp³-hybridized carbons (Fsp3) is 0.533. The Morgan fingerprint density at radius 2 is 1.79 bits per heavy atom. The standard InChI is InChI=1S/C30H43N7O/c1-8-30(9-2)14-17-36(20-30)28(38)33-24-12-10-21(3)23(18-24)11-13-25-19-26(37(35-25)29(5,6)7)34-27-22(4)31-15-16-32-27/h10,12,15-16,18-19H,8-9,11,13-14,17,20H2,1-7H3,(H,32,34)(H,33,38). The van der Waals surface area contributed by atoms with E-state index in [0.29, 0.717) is 0 Å². The first kappa shape index (κ1) is 27.6. The molecule has 8 nitrogen and oxygen atoms in total. The molecule has 2 amide bonds. The van der Waals surface area contributed by atoms with E-state index >= 15 is 0 Å². The second-order valence-electron chi connectivity index (χ2n) is 11.7. The number of hydrogen-bond acceptors (Lipinski definition) is 5. The van der Waals surface area contributed by atoms with Gasteiger partial charge in [0.15, 0.2) is 5.82 Å². The molecule has 0 spiro atoms. The molecule has 1 aliphatic rings. The molecule has 0 radical (unpaired) electrons. The quantitative estimate of drug-likeness (QED) is 0.351. The maximum absolute atomic E-state index is 13.0. The number of amides is 2. The number of carbonyl (C=O) groups is 1. The number of nitrogens with one attached hydrogen (secondary N) is 2. The fourth-order valence-electron chi connectivity index (χ4n) is 5.22. The van der Waals surface area contributed by atoms with Crippen LogP contribution in [0.3, 0.4) is 0 Å². The molecule has 0 atom stereocenters. The Morgan fingerprint density at radius 3 is 2.45 bits per heavy atom. The Bertz CT molecular complexity index is 1270. The highest BCUT2D eigenvalue weighted by atomic mass is 16.2. The van der Waals surface area contributed by atoms with Crippen molar-refractivity contribution < 1.29 is 4.79 Å². The van der Waals surface area contributed by atoms with Crippen molar-refractivity contribution in [2.24, 2.45) is 5.41 Å². The average molecular weight is 518 g/mol. The summed E-state index contributed by atoms with van der Waals surface area (Å²) in [7, 11) is 0. The van der Waals surface area contributed by atoms with E-state index in [2.05, 4.69) is 80.3 Å². The van der Waals surface area contributed by atoms with Crippen LogP contribution < -0.4 is 10.6 Å². The van der Waals surface area contributed by atoms with Gasteiger partial charge in [-0.2, -0.15) is 5.10 Å². The van der Waals surface area contributed by atoms with Crippen molar-refractivity contribution in [3.05, 3.63) is 59.2 Å². The van der Waals surface area contributed by atoms with Crippen LogP contribution in [0.25, 0.3) is 0 Å². The number of rotatable bonds is 8. The van der Waals surface area contributed by atoms with Crippen LogP contribution in [0, 0.1) is 19.3 Å². The third-order valence-corrected chi connectivity index (χ3v) is 8.00. The van der Waals surface area contributed by atoms with Gasteiger partial charge in [0.05, 0.1) is 16.9 Å². The molecule has 8 heteroatoms. The fourth-order valence-corrected chi connectivity index (χ4v) is 5.22. The summed E-state index contributed by atoms with van der Waals surface area (Å²) < 4.78 is 2.02. The molecule has 3 aromatic rings. The SMILES string of the molecule is CCC1(CC)CCN(C(=O)Nc2ccc(C)c(CCc3cc(Nc4nccnc4C)n(C(C)(C)C)n3)c2)C1. The zero-order chi connectivity index (χ0) is 27.5. The molecule has 0 unspecified atom stereocenters. The lowest BCUT2D eigenvalue weighted by molar-refractivity contribution is 0.209. The lowest BCUT2D eigenvalue weighted by Gasteiger charge is -2.26. The largest absolute Gasteiger partial charge is 0.324 e. The molecule has 1 saturated heterocycles. The van der Waals surface area contributed by atoms with E-state index in [-0.39, 0.29) is 17.0 Å². The van der Waals surface area contributed by atoms with Crippen molar-refractivity contribution in [2.75, 3.05) is 23.7 Å². The number of hydrogen-bond donors (Lipinski definition) is 2. The summed E-state index contributed by atoms with van der Waals surface area (Å²) in [5.74, 6) is 1.63. The average Bonchev–Trinajstić information content (AvgIpc) is 3.51. The predicted molar refractivity (Wildman–Crippen MR) is 154 cm³/mol. The van der Waals surface area contributed by atoms with Crippen molar-refractivity contribution in [3.8, 4) is 0 Å². The van der Waals surface area contributed by atoms with E-state index in [1.54, 1.807) is 12.4 Å². The normalized spacial score (nSPS) is 15.1. The number of carbonyl (C=O) groups excluding carboxylic acids is 1. The van der Waals surface area contributed by atoms with Gasteiger partial charge in [-0.15, -0.1) is 0 Å². The van der Waals surface area contributed by atoms with E-state index < -0.39 is 0 Å².